The molecular formula is C13H15NO4. The van der Waals surface area contributed by atoms with Gasteiger partial charge in [-0.25, -0.2) is 4.79 Å². The molecule has 1 aromatic rings. The average Bonchev–Trinajstić information content (AvgIpc) is 2.25. The number of carbonyl (C=O) groups excluding carboxylic acids is 2. The summed E-state index contributed by atoms with van der Waals surface area (Å²) >= 11 is 0. The van der Waals surface area contributed by atoms with Crippen LogP contribution in [0.2, 0.25) is 0 Å². The second-order valence-corrected chi connectivity index (χ2v) is 5.30. The Morgan fingerprint density at radius 2 is 2.00 bits per heavy atom. The molecule has 0 atom stereocenters. The Hall–Kier alpha value is -1.91. The fourth-order valence-corrected chi connectivity index (χ4v) is 2.19. The lowest BCUT2D eigenvalue weighted by atomic mass is 9.76. The summed E-state index contributed by atoms with van der Waals surface area (Å²) in [5, 5.41) is 2.35. The molecule has 5 nitrogen and oxygen atoms in total. The van der Waals surface area contributed by atoms with Crippen molar-refractivity contribution in [3.63, 3.8) is 0 Å². The lowest BCUT2D eigenvalue weighted by molar-refractivity contribution is 0.0896. The van der Waals surface area contributed by atoms with Gasteiger partial charge in [-0.15, -0.1) is 0 Å². The van der Waals surface area contributed by atoms with E-state index in [2.05, 4.69) is 5.32 Å². The van der Waals surface area contributed by atoms with E-state index >= 15 is 0 Å². The molecule has 0 unspecified atom stereocenters. The van der Waals surface area contributed by atoms with Gasteiger partial charge in [-0.3, -0.25) is 9.59 Å². The Bertz CT molecular complexity index is 583. The molecule has 0 radical (unpaired) electrons. The first kappa shape index (κ1) is 12.5. The quantitative estimate of drug-likeness (QED) is 0.810. The van der Waals surface area contributed by atoms with Crippen LogP contribution in [-0.4, -0.2) is 18.7 Å². The van der Waals surface area contributed by atoms with Gasteiger partial charge < -0.3 is 9.73 Å². The largest absolute Gasteiger partial charge is 0.427 e. The number of fused-ring (bicyclic) bond motifs is 1. The molecule has 1 heterocycles. The minimum absolute atomic E-state index is 0.0878. The third kappa shape index (κ3) is 2.08. The second-order valence-electron chi connectivity index (χ2n) is 5.30. The van der Waals surface area contributed by atoms with Crippen molar-refractivity contribution in [1.29, 1.82) is 0 Å². The molecule has 0 saturated carbocycles. The van der Waals surface area contributed by atoms with Gasteiger partial charge in [0, 0.05) is 19.9 Å². The van der Waals surface area contributed by atoms with Gasteiger partial charge in [0.25, 0.3) is 5.91 Å². The van der Waals surface area contributed by atoms with Crippen LogP contribution in [0.3, 0.4) is 0 Å². The third-order valence-electron chi connectivity index (χ3n) is 3.08. The molecule has 0 aromatic carbocycles. The summed E-state index contributed by atoms with van der Waals surface area (Å²) in [6.45, 7) is 3.89. The zero-order valence-corrected chi connectivity index (χ0v) is 10.6. The molecule has 1 aliphatic rings. The maximum atomic E-state index is 12.0. The van der Waals surface area contributed by atoms with Gasteiger partial charge in [0.2, 0.25) is 0 Å². The highest BCUT2D eigenvalue weighted by atomic mass is 16.4. The first-order chi connectivity index (χ1) is 8.34. The molecule has 1 amide bonds. The molecular weight excluding hydrogens is 234 g/mol. The lowest BCUT2D eigenvalue weighted by Crippen LogP contribution is -2.31. The first-order valence-corrected chi connectivity index (χ1v) is 5.76. The standard InChI is InChI=1S/C13H15NO4/c1-13(2)5-9(15)7-4-8(11(16)14-3)12(17)18-10(7)6-13/h4H,5-6H2,1-3H3,(H,14,16). The minimum Gasteiger partial charge on any atom is -0.427 e. The number of ketones is 1. The topological polar surface area (TPSA) is 76.4 Å². The van der Waals surface area contributed by atoms with E-state index in [0.29, 0.717) is 24.2 Å². The van der Waals surface area contributed by atoms with Crippen LogP contribution in [0.5, 0.6) is 0 Å². The normalized spacial score (nSPS) is 17.2. The van der Waals surface area contributed by atoms with Crippen LogP contribution in [0.1, 0.15) is 46.7 Å². The Labute approximate surface area is 104 Å². The second kappa shape index (κ2) is 4.08. The molecule has 1 aromatic heterocycles. The summed E-state index contributed by atoms with van der Waals surface area (Å²) in [5.41, 5.74) is -0.676. The average molecular weight is 249 g/mol. The van der Waals surface area contributed by atoms with Crippen LogP contribution in [0.25, 0.3) is 0 Å². The zero-order valence-electron chi connectivity index (χ0n) is 10.6. The van der Waals surface area contributed by atoms with Crippen LogP contribution < -0.4 is 10.9 Å². The SMILES string of the molecule is CNC(=O)c1cc2c(oc1=O)CC(C)(C)CC2=O. The van der Waals surface area contributed by atoms with E-state index < -0.39 is 11.5 Å². The monoisotopic (exact) mass is 249 g/mol. The van der Waals surface area contributed by atoms with Crippen molar-refractivity contribution in [3.05, 3.63) is 33.4 Å². The first-order valence-electron chi connectivity index (χ1n) is 5.76. The van der Waals surface area contributed by atoms with E-state index in [0.717, 1.165) is 0 Å². The molecule has 0 spiro atoms. The van der Waals surface area contributed by atoms with E-state index in [1.54, 1.807) is 0 Å². The van der Waals surface area contributed by atoms with Crippen LogP contribution in [0.4, 0.5) is 0 Å². The Morgan fingerprint density at radius 1 is 1.33 bits per heavy atom. The van der Waals surface area contributed by atoms with Crippen molar-refractivity contribution in [2.24, 2.45) is 5.41 Å². The molecule has 5 heteroatoms. The summed E-state index contributed by atoms with van der Waals surface area (Å²) < 4.78 is 5.12. The zero-order chi connectivity index (χ0) is 13.5. The van der Waals surface area contributed by atoms with Gasteiger partial charge in [0.1, 0.15) is 11.3 Å². The van der Waals surface area contributed by atoms with Crippen LogP contribution in [0, 0.1) is 5.41 Å². The predicted octanol–water partition coefficient (Wildman–Crippen LogP) is 1.15. The minimum atomic E-state index is -0.696. The van der Waals surface area contributed by atoms with Gasteiger partial charge in [-0.05, 0) is 11.5 Å². The van der Waals surface area contributed by atoms with E-state index in [-0.39, 0.29) is 16.8 Å². The summed E-state index contributed by atoms with van der Waals surface area (Å²) in [5.74, 6) is -0.242. The Kier molecular flexibility index (Phi) is 2.84. The number of carbonyl (C=O) groups is 2. The summed E-state index contributed by atoms with van der Waals surface area (Å²) in [6.07, 6.45) is 0.915. The molecule has 0 aliphatic heterocycles. The van der Waals surface area contributed by atoms with Crippen LogP contribution >= 0.6 is 0 Å². The maximum absolute atomic E-state index is 12.0. The summed E-state index contributed by atoms with van der Waals surface area (Å²) in [6, 6.07) is 1.34. The van der Waals surface area contributed by atoms with Gasteiger partial charge in [0.05, 0.1) is 5.56 Å². The molecule has 1 aliphatic carbocycles. The Morgan fingerprint density at radius 3 is 2.61 bits per heavy atom. The fraction of sp³-hybridized carbons (Fsp3) is 0.462. The van der Waals surface area contributed by atoms with Crippen molar-refractivity contribution >= 4 is 11.7 Å². The highest BCUT2D eigenvalue weighted by molar-refractivity contribution is 6.01. The Balaban J connectivity index is 2.58. The summed E-state index contributed by atoms with van der Waals surface area (Å²) in [4.78, 5) is 35.1. The van der Waals surface area contributed by atoms with Crippen molar-refractivity contribution < 1.29 is 14.0 Å². The van der Waals surface area contributed by atoms with Crippen molar-refractivity contribution in [2.45, 2.75) is 26.7 Å². The number of hydrogen-bond donors (Lipinski definition) is 1. The molecule has 2 rings (SSSR count). The smallest absolute Gasteiger partial charge is 0.348 e. The number of rotatable bonds is 1. The highest BCUT2D eigenvalue weighted by Gasteiger charge is 2.34. The number of amides is 1. The highest BCUT2D eigenvalue weighted by Crippen LogP contribution is 2.34. The van der Waals surface area contributed by atoms with Gasteiger partial charge in [0.15, 0.2) is 5.78 Å². The molecule has 18 heavy (non-hydrogen) atoms. The number of Topliss-reactive ketones (excluding diaryl/α,β-unsaturated/α-hetero) is 1. The molecule has 96 valence electrons. The van der Waals surface area contributed by atoms with E-state index in [4.69, 9.17) is 4.42 Å². The van der Waals surface area contributed by atoms with Crippen LogP contribution in [0.15, 0.2) is 15.3 Å². The van der Waals surface area contributed by atoms with Crippen molar-refractivity contribution in [3.8, 4) is 0 Å². The van der Waals surface area contributed by atoms with E-state index in [9.17, 15) is 14.4 Å². The molecule has 0 saturated heterocycles. The molecule has 0 fully saturated rings. The van der Waals surface area contributed by atoms with Crippen molar-refractivity contribution in [2.75, 3.05) is 7.05 Å². The third-order valence-corrected chi connectivity index (χ3v) is 3.08. The summed E-state index contributed by atoms with van der Waals surface area (Å²) in [7, 11) is 1.42. The molecule has 0 bridgehead atoms. The van der Waals surface area contributed by atoms with E-state index in [1.807, 2.05) is 13.8 Å². The van der Waals surface area contributed by atoms with Crippen molar-refractivity contribution in [1.82, 2.24) is 5.32 Å². The fourth-order valence-electron chi connectivity index (χ4n) is 2.19. The van der Waals surface area contributed by atoms with Gasteiger partial charge in [-0.2, -0.15) is 0 Å². The lowest BCUT2D eigenvalue weighted by Gasteiger charge is -2.28. The number of nitrogens with one attached hydrogen (secondary N) is 1. The number of hydrogen-bond acceptors (Lipinski definition) is 4. The van der Waals surface area contributed by atoms with E-state index in [1.165, 1.54) is 13.1 Å². The predicted molar refractivity (Wildman–Crippen MR) is 64.8 cm³/mol. The maximum Gasteiger partial charge on any atom is 0.348 e. The van der Waals surface area contributed by atoms with Crippen LogP contribution in [-0.2, 0) is 6.42 Å². The van der Waals surface area contributed by atoms with Gasteiger partial charge in [-0.1, -0.05) is 13.8 Å². The van der Waals surface area contributed by atoms with Gasteiger partial charge >= 0.3 is 5.63 Å². The molecule has 1 N–H and O–H groups in total.